The van der Waals surface area contributed by atoms with Crippen molar-refractivity contribution in [3.05, 3.63) is 59.9 Å². The van der Waals surface area contributed by atoms with Crippen LogP contribution in [0.4, 0.5) is 4.39 Å². The molecule has 2 rings (SSSR count). The zero-order valence-corrected chi connectivity index (χ0v) is 9.78. The van der Waals surface area contributed by atoms with Crippen molar-refractivity contribution in [1.82, 2.24) is 0 Å². The number of halogens is 1. The maximum absolute atomic E-state index is 13.4. The van der Waals surface area contributed by atoms with Gasteiger partial charge in [0.2, 0.25) is 0 Å². The van der Waals surface area contributed by atoms with Crippen LogP contribution in [0.5, 0.6) is 5.75 Å². The van der Waals surface area contributed by atoms with Crippen molar-refractivity contribution in [3.8, 4) is 5.75 Å². The molecule has 0 aliphatic heterocycles. The van der Waals surface area contributed by atoms with E-state index in [9.17, 15) is 8.60 Å². The van der Waals surface area contributed by atoms with E-state index >= 15 is 0 Å². The molecule has 0 aliphatic rings. The molecule has 0 saturated carbocycles. The molecule has 0 radical (unpaired) electrons. The predicted octanol–water partition coefficient (Wildman–Crippen LogP) is 2.84. The van der Waals surface area contributed by atoms with Crippen LogP contribution in [0.2, 0.25) is 0 Å². The van der Waals surface area contributed by atoms with Gasteiger partial charge in [-0.1, -0.05) is 24.3 Å². The summed E-state index contributed by atoms with van der Waals surface area (Å²) >= 11 is 0. The van der Waals surface area contributed by atoms with E-state index in [0.29, 0.717) is 0 Å². The van der Waals surface area contributed by atoms with Crippen molar-refractivity contribution < 1.29 is 13.7 Å². The fraction of sp³-hybridized carbons (Fsp3) is 0.0769. The molecule has 0 aromatic heterocycles. The number of phenolic OH excluding ortho intramolecular Hbond substituents is 1. The third-order valence-electron chi connectivity index (χ3n) is 2.32. The molecule has 2 aromatic carbocycles. The molecular formula is C13H11FO2S. The van der Waals surface area contributed by atoms with E-state index in [1.165, 1.54) is 24.3 Å². The minimum atomic E-state index is -1.41. The molecule has 0 saturated heterocycles. The molecule has 0 fully saturated rings. The average Bonchev–Trinajstić information content (AvgIpc) is 2.32. The quantitative estimate of drug-likeness (QED) is 0.909. The number of rotatable bonds is 3. The highest BCUT2D eigenvalue weighted by molar-refractivity contribution is 7.84. The molecule has 1 atom stereocenters. The van der Waals surface area contributed by atoms with Gasteiger partial charge in [-0.15, -0.1) is 0 Å². The molecule has 88 valence electrons. The second-order valence-corrected chi connectivity index (χ2v) is 5.01. The first kappa shape index (κ1) is 11.8. The first-order valence-corrected chi connectivity index (χ1v) is 6.39. The second kappa shape index (κ2) is 5.10. The lowest BCUT2D eigenvalue weighted by molar-refractivity contribution is 0.475. The summed E-state index contributed by atoms with van der Waals surface area (Å²) in [5.41, 5.74) is 0.796. The molecule has 0 spiro atoms. The second-order valence-electron chi connectivity index (χ2n) is 3.59. The van der Waals surface area contributed by atoms with Gasteiger partial charge in [0.05, 0.1) is 21.4 Å². The van der Waals surface area contributed by atoms with Crippen LogP contribution in [0.3, 0.4) is 0 Å². The lowest BCUT2D eigenvalue weighted by Gasteiger charge is -2.04. The maximum atomic E-state index is 13.4. The summed E-state index contributed by atoms with van der Waals surface area (Å²) in [6.45, 7) is 0. The number of benzene rings is 2. The van der Waals surface area contributed by atoms with Gasteiger partial charge in [-0.2, -0.15) is 0 Å². The number of hydrogen-bond acceptors (Lipinski definition) is 2. The SMILES string of the molecule is O=S(Cc1ccc(O)cc1)c1ccccc1F. The van der Waals surface area contributed by atoms with Crippen molar-refractivity contribution in [1.29, 1.82) is 0 Å². The topological polar surface area (TPSA) is 37.3 Å². The van der Waals surface area contributed by atoms with E-state index in [2.05, 4.69) is 0 Å². The minimum absolute atomic E-state index is 0.158. The van der Waals surface area contributed by atoms with Crippen LogP contribution in [-0.2, 0) is 16.6 Å². The maximum Gasteiger partial charge on any atom is 0.139 e. The fourth-order valence-corrected chi connectivity index (χ4v) is 2.62. The van der Waals surface area contributed by atoms with Crippen molar-refractivity contribution in [2.24, 2.45) is 0 Å². The van der Waals surface area contributed by atoms with E-state index in [0.717, 1.165) is 5.56 Å². The summed E-state index contributed by atoms with van der Waals surface area (Å²) in [5, 5.41) is 9.12. The van der Waals surface area contributed by atoms with Gasteiger partial charge >= 0.3 is 0 Å². The Balaban J connectivity index is 2.17. The van der Waals surface area contributed by atoms with Crippen LogP contribution in [0.15, 0.2) is 53.4 Å². The lowest BCUT2D eigenvalue weighted by Crippen LogP contribution is -1.98. The normalized spacial score (nSPS) is 12.3. The first-order valence-electron chi connectivity index (χ1n) is 5.07. The predicted molar refractivity (Wildman–Crippen MR) is 64.6 cm³/mol. The molecule has 0 bridgehead atoms. The standard InChI is InChI=1S/C13H11FO2S/c14-12-3-1-2-4-13(12)17(16)9-10-5-7-11(15)8-6-10/h1-8,15H,9H2. The van der Waals surface area contributed by atoms with E-state index in [4.69, 9.17) is 5.11 Å². The Bertz CT molecular complexity index is 537. The van der Waals surface area contributed by atoms with Gasteiger partial charge in [-0.05, 0) is 29.8 Å². The van der Waals surface area contributed by atoms with Gasteiger partial charge < -0.3 is 5.11 Å². The zero-order valence-electron chi connectivity index (χ0n) is 8.97. The Morgan fingerprint density at radius 3 is 2.35 bits per heavy atom. The van der Waals surface area contributed by atoms with Crippen molar-refractivity contribution in [2.45, 2.75) is 10.6 Å². The Morgan fingerprint density at radius 1 is 1.06 bits per heavy atom. The Hall–Kier alpha value is -1.68. The van der Waals surface area contributed by atoms with E-state index in [1.54, 1.807) is 24.3 Å². The van der Waals surface area contributed by atoms with Crippen LogP contribution in [0.25, 0.3) is 0 Å². The third kappa shape index (κ3) is 2.91. The van der Waals surface area contributed by atoms with Crippen LogP contribution < -0.4 is 0 Å². The van der Waals surface area contributed by atoms with E-state index in [1.807, 2.05) is 0 Å². The highest BCUT2D eigenvalue weighted by Crippen LogP contribution is 2.17. The van der Waals surface area contributed by atoms with E-state index < -0.39 is 16.6 Å². The minimum Gasteiger partial charge on any atom is -0.508 e. The van der Waals surface area contributed by atoms with Gasteiger partial charge in [-0.3, -0.25) is 4.21 Å². The molecule has 2 nitrogen and oxygen atoms in total. The summed E-state index contributed by atoms with van der Waals surface area (Å²) < 4.78 is 25.3. The molecule has 1 unspecified atom stereocenters. The molecule has 1 N–H and O–H groups in total. The fourth-order valence-electron chi connectivity index (χ4n) is 1.45. The molecule has 17 heavy (non-hydrogen) atoms. The number of hydrogen-bond donors (Lipinski definition) is 1. The Labute approximate surface area is 101 Å². The number of phenols is 1. The molecule has 0 heterocycles. The summed E-state index contributed by atoms with van der Waals surface area (Å²) in [6, 6.07) is 12.4. The Morgan fingerprint density at radius 2 is 1.71 bits per heavy atom. The zero-order chi connectivity index (χ0) is 12.3. The summed E-state index contributed by atoms with van der Waals surface area (Å²) in [4.78, 5) is 0.209. The van der Waals surface area contributed by atoms with Gasteiger partial charge in [0.15, 0.2) is 0 Å². The molecule has 4 heteroatoms. The smallest absolute Gasteiger partial charge is 0.139 e. The molecule has 2 aromatic rings. The summed E-state index contributed by atoms with van der Waals surface area (Å²) in [6.07, 6.45) is 0. The average molecular weight is 250 g/mol. The molecule has 0 amide bonds. The van der Waals surface area contributed by atoms with Gasteiger partial charge in [0.1, 0.15) is 11.6 Å². The van der Waals surface area contributed by atoms with Crippen molar-refractivity contribution >= 4 is 10.8 Å². The summed E-state index contributed by atoms with van der Waals surface area (Å²) in [7, 11) is -1.41. The van der Waals surface area contributed by atoms with Crippen molar-refractivity contribution in [2.75, 3.05) is 0 Å². The van der Waals surface area contributed by atoms with Gasteiger partial charge in [-0.25, -0.2) is 4.39 Å². The van der Waals surface area contributed by atoms with Crippen molar-refractivity contribution in [3.63, 3.8) is 0 Å². The molecule has 0 aliphatic carbocycles. The lowest BCUT2D eigenvalue weighted by atomic mass is 10.2. The van der Waals surface area contributed by atoms with Gasteiger partial charge in [0, 0.05) is 0 Å². The van der Waals surface area contributed by atoms with Crippen LogP contribution >= 0.6 is 0 Å². The van der Waals surface area contributed by atoms with E-state index in [-0.39, 0.29) is 16.4 Å². The highest BCUT2D eigenvalue weighted by atomic mass is 32.2. The monoisotopic (exact) mass is 250 g/mol. The van der Waals surface area contributed by atoms with Crippen LogP contribution in [0.1, 0.15) is 5.56 Å². The van der Waals surface area contributed by atoms with Crippen LogP contribution in [0, 0.1) is 5.82 Å². The number of aromatic hydroxyl groups is 1. The van der Waals surface area contributed by atoms with Gasteiger partial charge in [0.25, 0.3) is 0 Å². The molecular weight excluding hydrogens is 239 g/mol. The highest BCUT2D eigenvalue weighted by Gasteiger charge is 2.09. The first-order chi connectivity index (χ1) is 8.16. The summed E-state index contributed by atoms with van der Waals surface area (Å²) in [5.74, 6) is -0.0589. The third-order valence-corrected chi connectivity index (χ3v) is 3.73. The van der Waals surface area contributed by atoms with Crippen LogP contribution in [-0.4, -0.2) is 9.32 Å². The Kier molecular flexibility index (Phi) is 3.54. The largest absolute Gasteiger partial charge is 0.508 e.